The van der Waals surface area contributed by atoms with Crippen molar-refractivity contribution in [1.82, 2.24) is 25.0 Å². The lowest BCUT2D eigenvalue weighted by molar-refractivity contribution is 0.441. The van der Waals surface area contributed by atoms with Gasteiger partial charge >= 0.3 is 0 Å². The molecule has 0 atom stereocenters. The Morgan fingerprint density at radius 3 is 2.39 bits per heavy atom. The summed E-state index contributed by atoms with van der Waals surface area (Å²) in [6.45, 7) is 0. The molecule has 6 aromatic rings. The fourth-order valence-corrected chi connectivity index (χ4v) is 4.24. The minimum atomic E-state index is 0.740. The lowest BCUT2D eigenvalue weighted by Gasteiger charge is -1.96. The first-order valence-corrected chi connectivity index (χ1v) is 10.6. The Balaban J connectivity index is 1.31. The Kier molecular flexibility index (Phi) is 4.18. The summed E-state index contributed by atoms with van der Waals surface area (Å²) in [5.74, 6) is 1.53. The molecule has 0 spiro atoms. The van der Waals surface area contributed by atoms with Crippen LogP contribution in [0.1, 0.15) is 10.6 Å². The Morgan fingerprint density at radius 1 is 0.806 bits per heavy atom. The SMILES string of the molecule is C(=C\c1nn2c(-c3ccccc3)nnc2s1)/c1ccc2c(-c3ccccc3)onc2c1. The minimum absolute atomic E-state index is 0.740. The Morgan fingerprint density at radius 2 is 1.58 bits per heavy atom. The van der Waals surface area contributed by atoms with Crippen LogP contribution in [0.4, 0.5) is 0 Å². The Hall–Kier alpha value is -4.10. The van der Waals surface area contributed by atoms with Gasteiger partial charge in [-0.15, -0.1) is 10.2 Å². The zero-order valence-electron chi connectivity index (χ0n) is 16.2. The maximum Gasteiger partial charge on any atom is 0.235 e. The fraction of sp³-hybridized carbons (Fsp3) is 0. The first kappa shape index (κ1) is 17.7. The maximum atomic E-state index is 5.60. The van der Waals surface area contributed by atoms with Crippen LogP contribution in [-0.2, 0) is 0 Å². The summed E-state index contributed by atoms with van der Waals surface area (Å²) in [7, 11) is 0. The maximum absolute atomic E-state index is 5.60. The third kappa shape index (κ3) is 3.21. The molecule has 6 rings (SSSR count). The number of nitrogens with zero attached hydrogens (tertiary/aromatic N) is 5. The zero-order valence-corrected chi connectivity index (χ0v) is 17.0. The van der Waals surface area contributed by atoms with Crippen molar-refractivity contribution in [2.45, 2.75) is 0 Å². The van der Waals surface area contributed by atoms with Gasteiger partial charge in [0.15, 0.2) is 11.6 Å². The first-order chi connectivity index (χ1) is 15.3. The molecule has 3 aromatic heterocycles. The van der Waals surface area contributed by atoms with E-state index >= 15 is 0 Å². The third-order valence-electron chi connectivity index (χ3n) is 4.99. The standard InChI is InChI=1S/C24H15N5OS/c1-3-7-17(8-4-1)22-19-13-11-16(15-20(19)28-30-22)12-14-21-27-29-23(25-26-24(29)31-21)18-9-5-2-6-10-18/h1-15H/b14-12+. The molecule has 0 aliphatic carbocycles. The summed E-state index contributed by atoms with van der Waals surface area (Å²) in [5, 5.41) is 19.3. The number of hydrogen-bond donors (Lipinski definition) is 0. The second kappa shape index (κ2) is 7.30. The monoisotopic (exact) mass is 421 g/mol. The van der Waals surface area contributed by atoms with Crippen LogP contribution in [0.15, 0.2) is 83.4 Å². The van der Waals surface area contributed by atoms with Gasteiger partial charge in [0, 0.05) is 16.5 Å². The van der Waals surface area contributed by atoms with Crippen molar-refractivity contribution in [1.29, 1.82) is 0 Å². The van der Waals surface area contributed by atoms with Crippen LogP contribution in [0.25, 0.3) is 50.7 Å². The summed E-state index contributed by atoms with van der Waals surface area (Å²) in [4.78, 5) is 0.762. The highest BCUT2D eigenvalue weighted by Gasteiger charge is 2.13. The van der Waals surface area contributed by atoms with Gasteiger partial charge in [0.2, 0.25) is 4.96 Å². The van der Waals surface area contributed by atoms with E-state index < -0.39 is 0 Å². The van der Waals surface area contributed by atoms with E-state index in [-0.39, 0.29) is 0 Å². The first-order valence-electron chi connectivity index (χ1n) is 9.76. The van der Waals surface area contributed by atoms with Gasteiger partial charge in [-0.1, -0.05) is 89.3 Å². The van der Waals surface area contributed by atoms with Crippen molar-refractivity contribution in [2.75, 3.05) is 0 Å². The molecule has 7 heteroatoms. The van der Waals surface area contributed by atoms with Crippen molar-refractivity contribution >= 4 is 39.4 Å². The lowest BCUT2D eigenvalue weighted by atomic mass is 10.1. The van der Waals surface area contributed by atoms with Crippen LogP contribution in [0.5, 0.6) is 0 Å². The van der Waals surface area contributed by atoms with E-state index in [1.54, 1.807) is 4.52 Å². The fourth-order valence-electron chi connectivity index (χ4n) is 3.50. The van der Waals surface area contributed by atoms with Crippen molar-refractivity contribution in [3.63, 3.8) is 0 Å². The average molecular weight is 421 g/mol. The van der Waals surface area contributed by atoms with E-state index in [0.717, 1.165) is 49.1 Å². The van der Waals surface area contributed by atoms with E-state index in [1.165, 1.54) is 11.3 Å². The largest absolute Gasteiger partial charge is 0.355 e. The molecule has 3 aromatic carbocycles. The van der Waals surface area contributed by atoms with Crippen molar-refractivity contribution in [2.24, 2.45) is 0 Å². The molecule has 0 N–H and O–H groups in total. The zero-order chi connectivity index (χ0) is 20.6. The van der Waals surface area contributed by atoms with Gasteiger partial charge in [0.25, 0.3) is 0 Å². The van der Waals surface area contributed by atoms with Crippen LogP contribution in [-0.4, -0.2) is 25.0 Å². The summed E-state index contributed by atoms with van der Waals surface area (Å²) < 4.78 is 7.39. The van der Waals surface area contributed by atoms with Gasteiger partial charge in [-0.25, -0.2) is 0 Å². The molecule has 0 amide bonds. The van der Waals surface area contributed by atoms with Crippen LogP contribution >= 0.6 is 11.3 Å². The van der Waals surface area contributed by atoms with Crippen molar-refractivity contribution in [3.8, 4) is 22.7 Å². The number of hydrogen-bond acceptors (Lipinski definition) is 6. The minimum Gasteiger partial charge on any atom is -0.355 e. The molecule has 6 nitrogen and oxygen atoms in total. The molecule has 0 unspecified atom stereocenters. The molecule has 3 heterocycles. The highest BCUT2D eigenvalue weighted by Crippen LogP contribution is 2.29. The van der Waals surface area contributed by atoms with Crippen LogP contribution in [0.3, 0.4) is 0 Å². The number of rotatable bonds is 4. The number of aromatic nitrogens is 5. The average Bonchev–Trinajstić information content (AvgIpc) is 3.52. The lowest BCUT2D eigenvalue weighted by Crippen LogP contribution is -1.90. The number of benzene rings is 3. The molecule has 0 bridgehead atoms. The molecule has 0 aliphatic heterocycles. The van der Waals surface area contributed by atoms with E-state index in [4.69, 9.17) is 4.52 Å². The quantitative estimate of drug-likeness (QED) is 0.358. The highest BCUT2D eigenvalue weighted by molar-refractivity contribution is 7.17. The van der Waals surface area contributed by atoms with Crippen LogP contribution < -0.4 is 0 Å². The van der Waals surface area contributed by atoms with Crippen LogP contribution in [0, 0.1) is 0 Å². The van der Waals surface area contributed by atoms with Gasteiger partial charge in [-0.3, -0.25) is 0 Å². The Labute approximate surface area is 181 Å². The summed E-state index contributed by atoms with van der Waals surface area (Å²) >= 11 is 1.49. The highest BCUT2D eigenvalue weighted by atomic mass is 32.1. The molecular weight excluding hydrogens is 406 g/mol. The molecule has 31 heavy (non-hydrogen) atoms. The summed E-state index contributed by atoms with van der Waals surface area (Å²) in [6.07, 6.45) is 4.00. The van der Waals surface area contributed by atoms with Gasteiger partial charge in [-0.05, 0) is 23.8 Å². The Bertz CT molecular complexity index is 1530. The predicted molar refractivity (Wildman–Crippen MR) is 122 cm³/mol. The van der Waals surface area contributed by atoms with E-state index in [9.17, 15) is 0 Å². The second-order valence-corrected chi connectivity index (χ2v) is 8.00. The van der Waals surface area contributed by atoms with Gasteiger partial charge in [-0.2, -0.15) is 9.61 Å². The molecule has 0 saturated carbocycles. The van der Waals surface area contributed by atoms with E-state index in [1.807, 2.05) is 84.9 Å². The third-order valence-corrected chi connectivity index (χ3v) is 5.86. The van der Waals surface area contributed by atoms with Gasteiger partial charge in [0.1, 0.15) is 10.5 Å². The number of fused-ring (bicyclic) bond motifs is 2. The normalized spacial score (nSPS) is 11.7. The van der Waals surface area contributed by atoms with Crippen LogP contribution in [0.2, 0.25) is 0 Å². The summed E-state index contributed by atoms with van der Waals surface area (Å²) in [6, 6.07) is 26.1. The van der Waals surface area contributed by atoms with Gasteiger partial charge < -0.3 is 4.52 Å². The van der Waals surface area contributed by atoms with Crippen molar-refractivity contribution in [3.05, 3.63) is 89.4 Å². The molecule has 0 fully saturated rings. The topological polar surface area (TPSA) is 69.1 Å². The molecule has 0 saturated heterocycles. The predicted octanol–water partition coefficient (Wildman–Crippen LogP) is 5.83. The second-order valence-electron chi connectivity index (χ2n) is 7.01. The molecular formula is C24H15N5OS. The molecule has 148 valence electrons. The van der Waals surface area contributed by atoms with E-state index in [2.05, 4.69) is 26.5 Å². The smallest absolute Gasteiger partial charge is 0.235 e. The summed E-state index contributed by atoms with van der Waals surface area (Å²) in [5.41, 5.74) is 3.85. The van der Waals surface area contributed by atoms with E-state index in [0.29, 0.717) is 0 Å². The van der Waals surface area contributed by atoms with Crippen molar-refractivity contribution < 1.29 is 4.52 Å². The molecule has 0 aliphatic rings. The molecule has 0 radical (unpaired) electrons. The van der Waals surface area contributed by atoms with Gasteiger partial charge in [0.05, 0.1) is 0 Å².